The highest BCUT2D eigenvalue weighted by Gasteiger charge is 2.23. The Kier molecular flexibility index (Phi) is 5.62. The van der Waals surface area contributed by atoms with Crippen molar-refractivity contribution in [1.29, 1.82) is 0 Å². The van der Waals surface area contributed by atoms with Crippen molar-refractivity contribution in [3.8, 4) is 17.1 Å². The maximum absolute atomic E-state index is 12.7. The summed E-state index contributed by atoms with van der Waals surface area (Å²) in [6.45, 7) is 2.82. The van der Waals surface area contributed by atoms with Gasteiger partial charge in [-0.1, -0.05) is 23.7 Å². The van der Waals surface area contributed by atoms with Crippen LogP contribution in [0.2, 0.25) is 5.02 Å². The van der Waals surface area contributed by atoms with Gasteiger partial charge in [-0.05, 0) is 41.6 Å². The van der Waals surface area contributed by atoms with E-state index in [0.717, 1.165) is 30.1 Å². The van der Waals surface area contributed by atoms with E-state index in [9.17, 15) is 4.79 Å². The number of carbonyl (C=O) groups is 1. The van der Waals surface area contributed by atoms with Crippen molar-refractivity contribution in [2.45, 2.75) is 6.54 Å². The molecule has 2 heterocycles. The largest absolute Gasteiger partial charge is 0.495 e. The van der Waals surface area contributed by atoms with Gasteiger partial charge in [0.05, 0.1) is 12.8 Å². The molecule has 0 N–H and O–H groups in total. The molecule has 0 radical (unpaired) electrons. The van der Waals surface area contributed by atoms with E-state index in [0.29, 0.717) is 23.9 Å². The maximum atomic E-state index is 12.7. The fourth-order valence-corrected chi connectivity index (χ4v) is 3.46. The Morgan fingerprint density at radius 2 is 1.79 bits per heavy atom. The van der Waals surface area contributed by atoms with Gasteiger partial charge in [0.2, 0.25) is 11.7 Å². The smallest absolute Gasteiger partial charge is 0.246 e. The second-order valence-electron chi connectivity index (χ2n) is 6.69. The summed E-state index contributed by atoms with van der Waals surface area (Å²) in [6.07, 6.45) is 0. The van der Waals surface area contributed by atoms with Crippen LogP contribution in [0.4, 0.5) is 5.69 Å². The van der Waals surface area contributed by atoms with E-state index in [4.69, 9.17) is 16.3 Å². The van der Waals surface area contributed by atoms with Gasteiger partial charge in [-0.2, -0.15) is 4.80 Å². The van der Waals surface area contributed by atoms with Crippen LogP contribution in [0.1, 0.15) is 0 Å². The van der Waals surface area contributed by atoms with Crippen LogP contribution in [0, 0.1) is 0 Å². The number of aromatic nitrogens is 4. The lowest BCUT2D eigenvalue weighted by Gasteiger charge is -2.36. The number of carbonyl (C=O) groups excluding carboxylic acids is 1. The predicted molar refractivity (Wildman–Crippen MR) is 110 cm³/mol. The highest BCUT2D eigenvalue weighted by Crippen LogP contribution is 2.28. The number of para-hydroxylation sites is 2. The molecule has 3 aromatic rings. The molecule has 0 aliphatic carbocycles. The van der Waals surface area contributed by atoms with E-state index >= 15 is 0 Å². The molecule has 1 aliphatic rings. The highest BCUT2D eigenvalue weighted by atomic mass is 35.5. The molecule has 0 unspecified atom stereocenters. The Morgan fingerprint density at radius 1 is 1.07 bits per heavy atom. The van der Waals surface area contributed by atoms with Crippen LogP contribution in [-0.2, 0) is 11.3 Å². The maximum Gasteiger partial charge on any atom is 0.246 e. The first-order valence-corrected chi connectivity index (χ1v) is 9.71. The van der Waals surface area contributed by atoms with Crippen LogP contribution < -0.4 is 9.64 Å². The Hall–Kier alpha value is -3.13. The van der Waals surface area contributed by atoms with E-state index in [1.54, 1.807) is 19.2 Å². The zero-order chi connectivity index (χ0) is 20.2. The molecule has 1 saturated heterocycles. The molecular formula is C20H21ClN6O2. The van der Waals surface area contributed by atoms with E-state index in [1.165, 1.54) is 4.80 Å². The van der Waals surface area contributed by atoms with Gasteiger partial charge in [-0.15, -0.1) is 10.2 Å². The average molecular weight is 413 g/mol. The number of tetrazole rings is 1. The van der Waals surface area contributed by atoms with Gasteiger partial charge in [0.15, 0.2) is 0 Å². The minimum atomic E-state index is -0.0234. The molecule has 1 aromatic heterocycles. The summed E-state index contributed by atoms with van der Waals surface area (Å²) in [5, 5.41) is 13.0. The number of amides is 1. The molecule has 0 bridgehead atoms. The lowest BCUT2D eigenvalue weighted by atomic mass is 10.2. The average Bonchev–Trinajstić information content (AvgIpc) is 3.22. The molecule has 1 fully saturated rings. The van der Waals surface area contributed by atoms with Gasteiger partial charge in [-0.25, -0.2) is 0 Å². The topological polar surface area (TPSA) is 76.4 Å². The Labute approximate surface area is 173 Å². The van der Waals surface area contributed by atoms with Crippen molar-refractivity contribution < 1.29 is 9.53 Å². The van der Waals surface area contributed by atoms with Crippen molar-refractivity contribution in [3.05, 3.63) is 53.6 Å². The summed E-state index contributed by atoms with van der Waals surface area (Å²) in [6, 6.07) is 15.1. The molecule has 1 aliphatic heterocycles. The lowest BCUT2D eigenvalue weighted by molar-refractivity contribution is -0.132. The molecule has 150 valence electrons. The lowest BCUT2D eigenvalue weighted by Crippen LogP contribution is -2.49. The summed E-state index contributed by atoms with van der Waals surface area (Å²) in [5.41, 5.74) is 1.85. The monoisotopic (exact) mass is 412 g/mol. The van der Waals surface area contributed by atoms with Crippen LogP contribution in [0.25, 0.3) is 11.4 Å². The first-order chi connectivity index (χ1) is 14.1. The summed E-state index contributed by atoms with van der Waals surface area (Å²) < 4.78 is 5.44. The Bertz CT molecular complexity index is 983. The summed E-state index contributed by atoms with van der Waals surface area (Å²) in [5.74, 6) is 1.29. The van der Waals surface area contributed by atoms with Crippen LogP contribution in [-0.4, -0.2) is 64.3 Å². The van der Waals surface area contributed by atoms with Crippen molar-refractivity contribution in [1.82, 2.24) is 25.1 Å². The molecular weight excluding hydrogens is 392 g/mol. The van der Waals surface area contributed by atoms with Gasteiger partial charge in [-0.3, -0.25) is 4.79 Å². The summed E-state index contributed by atoms with van der Waals surface area (Å²) in [7, 11) is 1.67. The number of anilines is 1. The standard InChI is InChI=1S/C20H21ClN6O2/c1-29-18-5-3-2-4-17(18)25-10-12-26(13-11-25)19(28)14-27-23-20(22-24-27)15-6-8-16(21)9-7-15/h2-9H,10-14H2,1H3. The van der Waals surface area contributed by atoms with E-state index in [1.807, 2.05) is 41.3 Å². The number of hydrogen-bond acceptors (Lipinski definition) is 6. The third-order valence-corrected chi connectivity index (χ3v) is 5.14. The number of ether oxygens (including phenoxy) is 1. The molecule has 29 heavy (non-hydrogen) atoms. The second kappa shape index (κ2) is 8.48. The third-order valence-electron chi connectivity index (χ3n) is 4.89. The minimum Gasteiger partial charge on any atom is -0.495 e. The molecule has 2 aromatic carbocycles. The molecule has 0 spiro atoms. The number of piperazine rings is 1. The van der Waals surface area contributed by atoms with E-state index in [2.05, 4.69) is 20.3 Å². The zero-order valence-corrected chi connectivity index (χ0v) is 16.8. The normalized spacial score (nSPS) is 14.1. The number of rotatable bonds is 5. The minimum absolute atomic E-state index is 0.0234. The number of methoxy groups -OCH3 is 1. The quantitative estimate of drug-likeness (QED) is 0.640. The molecule has 8 nitrogen and oxygen atoms in total. The number of nitrogens with zero attached hydrogens (tertiary/aromatic N) is 6. The fourth-order valence-electron chi connectivity index (χ4n) is 3.33. The zero-order valence-electron chi connectivity index (χ0n) is 16.0. The molecule has 4 rings (SSSR count). The van der Waals surface area contributed by atoms with E-state index < -0.39 is 0 Å². The molecule has 0 saturated carbocycles. The molecule has 1 amide bonds. The summed E-state index contributed by atoms with van der Waals surface area (Å²) >= 11 is 5.90. The van der Waals surface area contributed by atoms with Gasteiger partial charge < -0.3 is 14.5 Å². The SMILES string of the molecule is COc1ccccc1N1CCN(C(=O)Cn2nnc(-c3ccc(Cl)cc3)n2)CC1. The van der Waals surface area contributed by atoms with Crippen LogP contribution in [0.15, 0.2) is 48.5 Å². The second-order valence-corrected chi connectivity index (χ2v) is 7.13. The van der Waals surface area contributed by atoms with Crippen molar-refractivity contribution in [2.24, 2.45) is 0 Å². The number of benzene rings is 2. The van der Waals surface area contributed by atoms with Gasteiger partial charge >= 0.3 is 0 Å². The first kappa shape index (κ1) is 19.2. The van der Waals surface area contributed by atoms with Crippen LogP contribution in [0.5, 0.6) is 5.75 Å². The van der Waals surface area contributed by atoms with Gasteiger partial charge in [0.25, 0.3) is 0 Å². The van der Waals surface area contributed by atoms with Crippen molar-refractivity contribution in [3.63, 3.8) is 0 Å². The van der Waals surface area contributed by atoms with E-state index in [-0.39, 0.29) is 12.5 Å². The summed E-state index contributed by atoms with van der Waals surface area (Å²) in [4.78, 5) is 18.1. The van der Waals surface area contributed by atoms with Crippen molar-refractivity contribution in [2.75, 3.05) is 38.2 Å². The molecule has 0 atom stereocenters. The Morgan fingerprint density at radius 3 is 2.52 bits per heavy atom. The van der Waals surface area contributed by atoms with Crippen LogP contribution in [0.3, 0.4) is 0 Å². The number of hydrogen-bond donors (Lipinski definition) is 0. The van der Waals surface area contributed by atoms with Gasteiger partial charge in [0, 0.05) is 36.8 Å². The Balaban J connectivity index is 1.35. The fraction of sp³-hybridized carbons (Fsp3) is 0.300. The highest BCUT2D eigenvalue weighted by molar-refractivity contribution is 6.30. The van der Waals surface area contributed by atoms with Crippen molar-refractivity contribution >= 4 is 23.2 Å². The van der Waals surface area contributed by atoms with Gasteiger partial charge in [0.1, 0.15) is 12.3 Å². The number of halogens is 1. The first-order valence-electron chi connectivity index (χ1n) is 9.33. The third kappa shape index (κ3) is 4.32. The predicted octanol–water partition coefficient (Wildman–Crippen LogP) is 2.35. The van der Waals surface area contributed by atoms with Crippen LogP contribution >= 0.6 is 11.6 Å². The molecule has 9 heteroatoms.